The molecule has 1 saturated heterocycles. The van der Waals surface area contributed by atoms with Crippen LogP contribution < -0.4 is 0 Å². The van der Waals surface area contributed by atoms with Gasteiger partial charge in [0, 0.05) is 6.54 Å². The molecule has 1 aliphatic rings. The molecule has 0 N–H and O–H groups in total. The van der Waals surface area contributed by atoms with Crippen LogP contribution in [0.1, 0.15) is 13.3 Å². The normalized spacial score (nSPS) is 24.8. The monoisotopic (exact) mass is 143 g/mol. The van der Waals surface area contributed by atoms with Crippen molar-refractivity contribution in [3.8, 4) is 0 Å². The molecule has 0 bridgehead atoms. The maximum atomic E-state index is 8.12. The summed E-state index contributed by atoms with van der Waals surface area (Å²) in [5.41, 5.74) is 0. The number of hydrogen-bond donors (Lipinski definition) is 0. The largest absolute Gasteiger partial charge is 0.373 e. The number of carbonyl (C=O) groups excluding carboxylic acids is 2. The van der Waals surface area contributed by atoms with Gasteiger partial charge in [0.05, 0.1) is 0 Å². The van der Waals surface area contributed by atoms with Gasteiger partial charge in [-0.15, -0.1) is 0 Å². The molecule has 10 heavy (non-hydrogen) atoms. The molecule has 1 unspecified atom stereocenters. The van der Waals surface area contributed by atoms with E-state index in [9.17, 15) is 0 Å². The van der Waals surface area contributed by atoms with Gasteiger partial charge in [-0.3, -0.25) is 0 Å². The maximum Gasteiger partial charge on any atom is 0.373 e. The van der Waals surface area contributed by atoms with Crippen LogP contribution in [0.2, 0.25) is 0 Å². The van der Waals surface area contributed by atoms with Crippen molar-refractivity contribution < 1.29 is 9.59 Å². The molecule has 1 fully saturated rings. The highest BCUT2D eigenvalue weighted by Gasteiger charge is 2.13. The first-order valence-corrected chi connectivity index (χ1v) is 3.38. The number of rotatable bonds is 0. The van der Waals surface area contributed by atoms with E-state index in [4.69, 9.17) is 9.59 Å². The lowest BCUT2D eigenvalue weighted by molar-refractivity contribution is -0.191. The molecule has 0 radical (unpaired) electrons. The quantitative estimate of drug-likeness (QED) is 0.492. The Morgan fingerprint density at radius 1 is 1.50 bits per heavy atom. The SMILES string of the molecule is CC1CCN(C)C1.O=C=O. The fraction of sp³-hybridized carbons (Fsp3) is 0.857. The fourth-order valence-electron chi connectivity index (χ4n) is 1.16. The summed E-state index contributed by atoms with van der Waals surface area (Å²) in [7, 11) is 2.18. The van der Waals surface area contributed by atoms with Crippen molar-refractivity contribution in [3.05, 3.63) is 0 Å². The molecule has 0 aromatic rings. The average Bonchev–Trinajstić information content (AvgIpc) is 2.17. The van der Waals surface area contributed by atoms with Gasteiger partial charge in [-0.05, 0) is 25.9 Å². The lowest BCUT2D eigenvalue weighted by Gasteiger charge is -2.03. The van der Waals surface area contributed by atoms with Crippen LogP contribution in [-0.2, 0) is 9.59 Å². The summed E-state index contributed by atoms with van der Waals surface area (Å²) in [5.74, 6) is 0.949. The van der Waals surface area contributed by atoms with Crippen molar-refractivity contribution in [1.82, 2.24) is 4.90 Å². The molecule has 0 spiro atoms. The van der Waals surface area contributed by atoms with E-state index in [0.29, 0.717) is 0 Å². The first-order valence-electron chi connectivity index (χ1n) is 3.38. The number of likely N-dealkylation sites (tertiary alicyclic amines) is 1. The van der Waals surface area contributed by atoms with Crippen molar-refractivity contribution in [3.63, 3.8) is 0 Å². The van der Waals surface area contributed by atoms with Gasteiger partial charge in [0.1, 0.15) is 0 Å². The van der Waals surface area contributed by atoms with Gasteiger partial charge in [0.15, 0.2) is 0 Å². The summed E-state index contributed by atoms with van der Waals surface area (Å²) in [5, 5.41) is 0. The van der Waals surface area contributed by atoms with Gasteiger partial charge in [-0.25, -0.2) is 0 Å². The molecule has 0 aliphatic carbocycles. The van der Waals surface area contributed by atoms with Crippen LogP contribution in [-0.4, -0.2) is 31.2 Å². The Morgan fingerprint density at radius 3 is 2.10 bits per heavy atom. The van der Waals surface area contributed by atoms with Crippen LogP contribution in [0.3, 0.4) is 0 Å². The summed E-state index contributed by atoms with van der Waals surface area (Å²) in [6.07, 6.45) is 1.65. The smallest absolute Gasteiger partial charge is 0.306 e. The Balaban J connectivity index is 0.000000236. The fourth-order valence-corrected chi connectivity index (χ4v) is 1.16. The Morgan fingerprint density at radius 2 is 2.00 bits per heavy atom. The van der Waals surface area contributed by atoms with Crippen molar-refractivity contribution >= 4 is 6.15 Å². The molecule has 1 heterocycles. The van der Waals surface area contributed by atoms with Crippen molar-refractivity contribution in [1.29, 1.82) is 0 Å². The van der Waals surface area contributed by atoms with Gasteiger partial charge < -0.3 is 4.90 Å². The van der Waals surface area contributed by atoms with Crippen LogP contribution in [0.4, 0.5) is 0 Å². The third-order valence-electron chi connectivity index (χ3n) is 1.63. The first-order chi connectivity index (χ1) is 4.70. The third-order valence-corrected chi connectivity index (χ3v) is 1.63. The van der Waals surface area contributed by atoms with E-state index < -0.39 is 0 Å². The van der Waals surface area contributed by atoms with Gasteiger partial charge in [0.2, 0.25) is 0 Å². The van der Waals surface area contributed by atoms with Crippen LogP contribution >= 0.6 is 0 Å². The van der Waals surface area contributed by atoms with Crippen LogP contribution in [0.5, 0.6) is 0 Å². The second-order valence-corrected chi connectivity index (χ2v) is 2.74. The minimum atomic E-state index is 0.250. The topological polar surface area (TPSA) is 37.4 Å². The molecule has 0 aromatic heterocycles. The van der Waals surface area contributed by atoms with E-state index in [1.165, 1.54) is 19.5 Å². The highest BCUT2D eigenvalue weighted by molar-refractivity contribution is 5.20. The van der Waals surface area contributed by atoms with E-state index in [1.807, 2.05) is 0 Å². The van der Waals surface area contributed by atoms with Gasteiger partial charge in [0.25, 0.3) is 0 Å². The van der Waals surface area contributed by atoms with E-state index in [2.05, 4.69) is 18.9 Å². The number of hydrogen-bond acceptors (Lipinski definition) is 3. The molecule has 58 valence electrons. The highest BCUT2D eigenvalue weighted by atomic mass is 16.2. The van der Waals surface area contributed by atoms with Gasteiger partial charge in [-0.1, -0.05) is 6.92 Å². The molecule has 1 atom stereocenters. The second kappa shape index (κ2) is 5.15. The second-order valence-electron chi connectivity index (χ2n) is 2.74. The predicted octanol–water partition coefficient (Wildman–Crippen LogP) is 0.375. The lowest BCUT2D eigenvalue weighted by Crippen LogP contribution is -2.12. The zero-order chi connectivity index (χ0) is 7.98. The molecule has 0 aromatic carbocycles. The zero-order valence-electron chi connectivity index (χ0n) is 6.46. The van der Waals surface area contributed by atoms with Gasteiger partial charge in [-0.2, -0.15) is 9.59 Å². The van der Waals surface area contributed by atoms with Crippen molar-refractivity contribution in [2.24, 2.45) is 5.92 Å². The summed E-state index contributed by atoms with van der Waals surface area (Å²) >= 11 is 0. The molecule has 1 aliphatic heterocycles. The molecular weight excluding hydrogens is 130 g/mol. The van der Waals surface area contributed by atoms with Crippen LogP contribution in [0, 0.1) is 5.92 Å². The Kier molecular flexibility index (Phi) is 4.81. The number of nitrogens with zero attached hydrogens (tertiary/aromatic N) is 1. The highest BCUT2D eigenvalue weighted by Crippen LogP contribution is 2.11. The van der Waals surface area contributed by atoms with Crippen molar-refractivity contribution in [2.45, 2.75) is 13.3 Å². The van der Waals surface area contributed by atoms with E-state index >= 15 is 0 Å². The van der Waals surface area contributed by atoms with Crippen LogP contribution in [0.25, 0.3) is 0 Å². The molecule has 0 amide bonds. The molecule has 3 heteroatoms. The summed E-state index contributed by atoms with van der Waals surface area (Å²) in [6.45, 7) is 4.92. The molecule has 3 nitrogen and oxygen atoms in total. The summed E-state index contributed by atoms with van der Waals surface area (Å²) in [4.78, 5) is 18.6. The first kappa shape index (κ1) is 9.34. The lowest BCUT2D eigenvalue weighted by atomic mass is 10.2. The summed E-state index contributed by atoms with van der Waals surface area (Å²) < 4.78 is 0. The minimum absolute atomic E-state index is 0.250. The summed E-state index contributed by atoms with van der Waals surface area (Å²) in [6, 6.07) is 0. The molecule has 1 rings (SSSR count). The third kappa shape index (κ3) is 4.24. The van der Waals surface area contributed by atoms with Gasteiger partial charge >= 0.3 is 6.15 Å². The van der Waals surface area contributed by atoms with E-state index in [1.54, 1.807) is 0 Å². The van der Waals surface area contributed by atoms with Crippen molar-refractivity contribution in [2.75, 3.05) is 20.1 Å². The minimum Gasteiger partial charge on any atom is -0.306 e. The Hall–Kier alpha value is -0.660. The standard InChI is InChI=1S/C6H13N.CO2/c1-6-3-4-7(2)5-6;2-1-3/h6H,3-5H2,1-2H3;. The maximum absolute atomic E-state index is 8.12. The van der Waals surface area contributed by atoms with E-state index in [-0.39, 0.29) is 6.15 Å². The average molecular weight is 143 g/mol. The Bertz CT molecular complexity index is 111. The van der Waals surface area contributed by atoms with Crippen LogP contribution in [0.15, 0.2) is 0 Å². The zero-order valence-corrected chi connectivity index (χ0v) is 6.46. The van der Waals surface area contributed by atoms with E-state index in [0.717, 1.165) is 5.92 Å². The Labute approximate surface area is 61.0 Å². The molecular formula is C7H13NO2. The molecule has 0 saturated carbocycles. The predicted molar refractivity (Wildman–Crippen MR) is 36.3 cm³/mol.